The molecule has 0 saturated carbocycles. The first kappa shape index (κ1) is 19.5. The van der Waals surface area contributed by atoms with Gasteiger partial charge < -0.3 is 4.90 Å². The molecule has 0 saturated heterocycles. The Morgan fingerprint density at radius 3 is 2.87 bits per heavy atom. The van der Waals surface area contributed by atoms with Crippen LogP contribution in [0.2, 0.25) is 0 Å². The standard InChI is InChI=1S/C23H24N4OS2/c1-14-13-21-24-15(2)17(16(3)27(21)25-14)6-7-22(28)26-10-8-19-18(9-12-30-19)23(26)20-5-4-11-29-20/h4-5,9,11-13,23H,6-8,10H2,1-3H3/t23-/m0/s1. The number of hydrogen-bond acceptors (Lipinski definition) is 5. The zero-order valence-electron chi connectivity index (χ0n) is 17.4. The molecule has 1 aliphatic heterocycles. The molecule has 7 heteroatoms. The Morgan fingerprint density at radius 1 is 1.20 bits per heavy atom. The Balaban J connectivity index is 1.41. The van der Waals surface area contributed by atoms with Gasteiger partial charge in [-0.3, -0.25) is 4.79 Å². The maximum Gasteiger partial charge on any atom is 0.223 e. The molecule has 5 heterocycles. The van der Waals surface area contributed by atoms with Crippen LogP contribution in [0.15, 0.2) is 35.0 Å². The van der Waals surface area contributed by atoms with Crippen molar-refractivity contribution in [2.75, 3.05) is 6.54 Å². The Labute approximate surface area is 184 Å². The largest absolute Gasteiger partial charge is 0.330 e. The zero-order valence-corrected chi connectivity index (χ0v) is 19.0. The summed E-state index contributed by atoms with van der Waals surface area (Å²) in [6.07, 6.45) is 2.11. The van der Waals surface area contributed by atoms with E-state index < -0.39 is 0 Å². The number of nitrogens with zero attached hydrogens (tertiary/aromatic N) is 4. The van der Waals surface area contributed by atoms with Gasteiger partial charge in [-0.2, -0.15) is 5.10 Å². The summed E-state index contributed by atoms with van der Waals surface area (Å²) in [5.74, 6) is 0.209. The number of carbonyl (C=O) groups excluding carboxylic acids is 1. The predicted octanol–water partition coefficient (Wildman–Crippen LogP) is 4.88. The molecular formula is C23H24N4OS2. The lowest BCUT2D eigenvalue weighted by Crippen LogP contribution is -2.39. The summed E-state index contributed by atoms with van der Waals surface area (Å²) < 4.78 is 1.90. The number of aryl methyl sites for hydroxylation is 3. The third kappa shape index (κ3) is 3.26. The molecule has 0 radical (unpaired) electrons. The second-order valence-corrected chi connectivity index (χ2v) is 9.85. The molecule has 30 heavy (non-hydrogen) atoms. The molecule has 0 fully saturated rings. The highest BCUT2D eigenvalue weighted by molar-refractivity contribution is 7.10. The molecule has 5 nitrogen and oxygen atoms in total. The van der Waals surface area contributed by atoms with E-state index in [1.165, 1.54) is 15.3 Å². The van der Waals surface area contributed by atoms with Crippen LogP contribution >= 0.6 is 22.7 Å². The molecule has 0 unspecified atom stereocenters. The van der Waals surface area contributed by atoms with Crippen molar-refractivity contribution in [3.05, 3.63) is 73.0 Å². The van der Waals surface area contributed by atoms with Crippen LogP contribution in [0, 0.1) is 20.8 Å². The first-order valence-corrected chi connectivity index (χ1v) is 12.0. The Bertz CT molecular complexity index is 1220. The van der Waals surface area contributed by atoms with E-state index in [-0.39, 0.29) is 11.9 Å². The number of fused-ring (bicyclic) bond motifs is 2. The molecule has 1 atom stereocenters. The second kappa shape index (κ2) is 7.63. The Hall–Kier alpha value is -2.51. The van der Waals surface area contributed by atoms with E-state index in [4.69, 9.17) is 4.98 Å². The normalized spacial score (nSPS) is 16.2. The first-order valence-electron chi connectivity index (χ1n) is 10.2. The van der Waals surface area contributed by atoms with E-state index in [0.717, 1.165) is 41.3 Å². The van der Waals surface area contributed by atoms with Gasteiger partial charge in [-0.15, -0.1) is 22.7 Å². The first-order chi connectivity index (χ1) is 14.5. The van der Waals surface area contributed by atoms with Gasteiger partial charge in [0.05, 0.1) is 11.7 Å². The van der Waals surface area contributed by atoms with Crippen LogP contribution in [-0.4, -0.2) is 31.9 Å². The van der Waals surface area contributed by atoms with Gasteiger partial charge in [0.15, 0.2) is 5.65 Å². The summed E-state index contributed by atoms with van der Waals surface area (Å²) in [4.78, 5) is 22.8. The molecule has 0 bridgehead atoms. The van der Waals surface area contributed by atoms with Crippen molar-refractivity contribution in [1.82, 2.24) is 19.5 Å². The van der Waals surface area contributed by atoms with Gasteiger partial charge in [-0.1, -0.05) is 6.07 Å². The minimum atomic E-state index is 0.0454. The van der Waals surface area contributed by atoms with Crippen LogP contribution in [0.5, 0.6) is 0 Å². The van der Waals surface area contributed by atoms with Gasteiger partial charge in [-0.05, 0) is 67.6 Å². The maximum absolute atomic E-state index is 13.4. The molecule has 4 aromatic heterocycles. The van der Waals surface area contributed by atoms with Crippen molar-refractivity contribution in [3.63, 3.8) is 0 Å². The summed E-state index contributed by atoms with van der Waals surface area (Å²) in [7, 11) is 0. The molecular weight excluding hydrogens is 412 g/mol. The molecule has 1 amide bonds. The van der Waals surface area contributed by atoms with Gasteiger partial charge in [0, 0.05) is 40.2 Å². The lowest BCUT2D eigenvalue weighted by molar-refractivity contribution is -0.133. The van der Waals surface area contributed by atoms with Crippen LogP contribution in [0.3, 0.4) is 0 Å². The molecule has 4 aromatic rings. The Kier molecular flexibility index (Phi) is 4.95. The molecule has 5 rings (SSSR count). The van der Waals surface area contributed by atoms with Gasteiger partial charge >= 0.3 is 0 Å². The van der Waals surface area contributed by atoms with Crippen LogP contribution in [0.4, 0.5) is 0 Å². The summed E-state index contributed by atoms with van der Waals surface area (Å²) in [5, 5.41) is 8.80. The smallest absolute Gasteiger partial charge is 0.223 e. The van der Waals surface area contributed by atoms with Crippen molar-refractivity contribution >= 4 is 34.2 Å². The van der Waals surface area contributed by atoms with Crippen molar-refractivity contribution in [2.45, 2.75) is 46.1 Å². The highest BCUT2D eigenvalue weighted by Crippen LogP contribution is 2.39. The summed E-state index contributed by atoms with van der Waals surface area (Å²) >= 11 is 3.54. The van der Waals surface area contributed by atoms with Crippen LogP contribution < -0.4 is 0 Å². The number of carbonyl (C=O) groups is 1. The van der Waals surface area contributed by atoms with Gasteiger partial charge in [0.1, 0.15) is 0 Å². The average molecular weight is 437 g/mol. The number of hydrogen-bond donors (Lipinski definition) is 0. The Morgan fingerprint density at radius 2 is 2.07 bits per heavy atom. The van der Waals surface area contributed by atoms with Crippen molar-refractivity contribution in [3.8, 4) is 0 Å². The highest BCUT2D eigenvalue weighted by Gasteiger charge is 2.33. The number of thiophene rings is 2. The summed E-state index contributed by atoms with van der Waals surface area (Å²) in [6.45, 7) is 6.86. The van der Waals surface area contributed by atoms with Crippen LogP contribution in [-0.2, 0) is 17.6 Å². The van der Waals surface area contributed by atoms with Crippen molar-refractivity contribution in [2.24, 2.45) is 0 Å². The van der Waals surface area contributed by atoms with E-state index in [2.05, 4.69) is 45.9 Å². The summed E-state index contributed by atoms with van der Waals surface area (Å²) in [6, 6.07) is 8.45. The third-order valence-electron chi connectivity index (χ3n) is 5.97. The fourth-order valence-corrected chi connectivity index (χ4v) is 6.28. The molecule has 154 valence electrons. The molecule has 0 spiro atoms. The summed E-state index contributed by atoms with van der Waals surface area (Å²) in [5.41, 5.74) is 6.31. The maximum atomic E-state index is 13.4. The fourth-order valence-electron chi connectivity index (χ4n) is 4.52. The lowest BCUT2D eigenvalue weighted by Gasteiger charge is -2.35. The average Bonchev–Trinajstić information content (AvgIpc) is 3.47. The van der Waals surface area contributed by atoms with E-state index >= 15 is 0 Å². The third-order valence-corrected chi connectivity index (χ3v) is 7.90. The topological polar surface area (TPSA) is 50.5 Å². The number of amides is 1. The molecule has 0 aromatic carbocycles. The molecule has 1 aliphatic rings. The van der Waals surface area contributed by atoms with Gasteiger partial charge in [0.25, 0.3) is 0 Å². The van der Waals surface area contributed by atoms with Gasteiger partial charge in [-0.25, -0.2) is 9.50 Å². The van der Waals surface area contributed by atoms with Crippen molar-refractivity contribution in [1.29, 1.82) is 0 Å². The second-order valence-electron chi connectivity index (χ2n) is 7.87. The van der Waals surface area contributed by atoms with E-state index in [9.17, 15) is 4.79 Å². The predicted molar refractivity (Wildman–Crippen MR) is 121 cm³/mol. The minimum Gasteiger partial charge on any atom is -0.330 e. The van der Waals surface area contributed by atoms with E-state index in [1.807, 2.05) is 24.4 Å². The highest BCUT2D eigenvalue weighted by atomic mass is 32.1. The van der Waals surface area contributed by atoms with Gasteiger partial charge in [0.2, 0.25) is 5.91 Å². The lowest BCUT2D eigenvalue weighted by atomic mass is 9.97. The van der Waals surface area contributed by atoms with E-state index in [1.54, 1.807) is 22.7 Å². The van der Waals surface area contributed by atoms with E-state index in [0.29, 0.717) is 12.8 Å². The SMILES string of the molecule is Cc1cc2nc(C)c(CCC(=O)N3CCc4sccc4[C@H]3c3cccs3)c(C)n2n1. The minimum absolute atomic E-state index is 0.0454. The zero-order chi connectivity index (χ0) is 20.8. The molecule has 0 aliphatic carbocycles. The quantitative estimate of drug-likeness (QED) is 0.458. The van der Waals surface area contributed by atoms with Crippen molar-refractivity contribution < 1.29 is 4.79 Å². The molecule has 0 N–H and O–H groups in total. The fraction of sp³-hybridized carbons (Fsp3) is 0.348. The van der Waals surface area contributed by atoms with Crippen LogP contribution in [0.1, 0.15) is 50.4 Å². The monoisotopic (exact) mass is 436 g/mol. The number of rotatable bonds is 4. The van der Waals surface area contributed by atoms with Crippen LogP contribution in [0.25, 0.3) is 5.65 Å². The number of aromatic nitrogens is 3.